The summed E-state index contributed by atoms with van der Waals surface area (Å²) in [5.41, 5.74) is 3.19. The molecule has 1 N–H and O–H groups in total. The van der Waals surface area contributed by atoms with Crippen molar-refractivity contribution in [2.45, 2.75) is 33.1 Å². The van der Waals surface area contributed by atoms with E-state index in [0.29, 0.717) is 6.61 Å². The number of nitrogens with zero attached hydrogens (tertiary/aromatic N) is 2. The van der Waals surface area contributed by atoms with E-state index in [-0.39, 0.29) is 11.8 Å². The lowest BCUT2D eigenvalue weighted by Gasteiger charge is -2.05. The Kier molecular flexibility index (Phi) is 7.49. The SMILES string of the molecule is CCCCCOc1ccc(/C=N\NC(=O)c2ncc(OCC)o2)cc1. The quantitative estimate of drug-likeness (QED) is 0.405. The van der Waals surface area contributed by atoms with Gasteiger partial charge in [0.1, 0.15) is 11.9 Å². The number of hydrogen-bond donors (Lipinski definition) is 1. The van der Waals surface area contributed by atoms with Crippen LogP contribution >= 0.6 is 0 Å². The zero-order chi connectivity index (χ0) is 17.9. The average Bonchev–Trinajstić information content (AvgIpc) is 3.09. The summed E-state index contributed by atoms with van der Waals surface area (Å²) in [4.78, 5) is 15.6. The van der Waals surface area contributed by atoms with Gasteiger partial charge in [-0.25, -0.2) is 10.4 Å². The predicted octanol–water partition coefficient (Wildman–Crippen LogP) is 3.41. The molecule has 1 amide bonds. The van der Waals surface area contributed by atoms with Crippen LogP contribution in [0.5, 0.6) is 11.7 Å². The van der Waals surface area contributed by atoms with Crippen molar-refractivity contribution >= 4 is 12.1 Å². The van der Waals surface area contributed by atoms with Crippen LogP contribution in [0.15, 0.2) is 40.0 Å². The van der Waals surface area contributed by atoms with Crippen molar-refractivity contribution in [1.29, 1.82) is 0 Å². The van der Waals surface area contributed by atoms with Crippen LogP contribution < -0.4 is 14.9 Å². The van der Waals surface area contributed by atoms with Gasteiger partial charge in [-0.3, -0.25) is 4.79 Å². The second-order valence-corrected chi connectivity index (χ2v) is 5.24. The molecule has 0 saturated carbocycles. The van der Waals surface area contributed by atoms with Gasteiger partial charge < -0.3 is 13.9 Å². The van der Waals surface area contributed by atoms with E-state index in [0.717, 1.165) is 24.3 Å². The summed E-state index contributed by atoms with van der Waals surface area (Å²) in [5, 5.41) is 3.88. The molecule has 1 heterocycles. The van der Waals surface area contributed by atoms with Crippen molar-refractivity contribution in [3.05, 3.63) is 41.9 Å². The maximum Gasteiger partial charge on any atom is 0.327 e. The third kappa shape index (κ3) is 6.29. The van der Waals surface area contributed by atoms with Gasteiger partial charge in [0.15, 0.2) is 0 Å². The van der Waals surface area contributed by atoms with Gasteiger partial charge in [-0.15, -0.1) is 0 Å². The van der Waals surface area contributed by atoms with Crippen LogP contribution in [0, 0.1) is 0 Å². The summed E-state index contributed by atoms with van der Waals surface area (Å²) >= 11 is 0. The normalized spacial score (nSPS) is 10.8. The molecule has 7 heteroatoms. The zero-order valence-corrected chi connectivity index (χ0v) is 14.5. The van der Waals surface area contributed by atoms with Crippen LogP contribution in [0.3, 0.4) is 0 Å². The molecule has 2 rings (SSSR count). The molecule has 0 bridgehead atoms. The Bertz CT molecular complexity index is 680. The van der Waals surface area contributed by atoms with Crippen molar-refractivity contribution in [2.24, 2.45) is 5.10 Å². The van der Waals surface area contributed by atoms with Gasteiger partial charge in [-0.1, -0.05) is 19.8 Å². The molecule has 0 aliphatic heterocycles. The van der Waals surface area contributed by atoms with E-state index in [9.17, 15) is 4.79 Å². The molecule has 0 aliphatic rings. The highest BCUT2D eigenvalue weighted by Crippen LogP contribution is 2.13. The number of unbranched alkanes of at least 4 members (excludes halogenated alkanes) is 2. The fourth-order valence-corrected chi connectivity index (χ4v) is 1.98. The number of carbonyl (C=O) groups excluding carboxylic acids is 1. The second-order valence-electron chi connectivity index (χ2n) is 5.24. The summed E-state index contributed by atoms with van der Waals surface area (Å²) in [7, 11) is 0. The van der Waals surface area contributed by atoms with E-state index >= 15 is 0 Å². The molecule has 25 heavy (non-hydrogen) atoms. The van der Waals surface area contributed by atoms with Gasteiger partial charge in [0.25, 0.3) is 5.89 Å². The molecule has 0 spiro atoms. The first-order valence-corrected chi connectivity index (χ1v) is 8.37. The monoisotopic (exact) mass is 345 g/mol. The topological polar surface area (TPSA) is 86.0 Å². The maximum atomic E-state index is 11.8. The van der Waals surface area contributed by atoms with Gasteiger partial charge >= 0.3 is 11.9 Å². The standard InChI is InChI=1S/C18H23N3O4/c1-3-5-6-11-24-15-9-7-14(8-10-15)12-20-21-17(22)18-19-13-16(25-18)23-4-2/h7-10,12-13H,3-6,11H2,1-2H3,(H,21,22)/b20-12-. The van der Waals surface area contributed by atoms with E-state index in [1.54, 1.807) is 0 Å². The predicted molar refractivity (Wildman–Crippen MR) is 94.2 cm³/mol. The minimum absolute atomic E-state index is 0.101. The fourth-order valence-electron chi connectivity index (χ4n) is 1.98. The Morgan fingerprint density at radius 1 is 1.24 bits per heavy atom. The van der Waals surface area contributed by atoms with Crippen molar-refractivity contribution in [3.8, 4) is 11.7 Å². The Balaban J connectivity index is 1.79. The summed E-state index contributed by atoms with van der Waals surface area (Å²) in [6.45, 7) is 5.13. The molecule has 0 unspecified atom stereocenters. The first-order chi connectivity index (χ1) is 12.2. The molecule has 0 atom stereocenters. The first-order valence-electron chi connectivity index (χ1n) is 8.37. The first kappa shape index (κ1) is 18.5. The van der Waals surface area contributed by atoms with Crippen molar-refractivity contribution in [1.82, 2.24) is 10.4 Å². The van der Waals surface area contributed by atoms with E-state index in [4.69, 9.17) is 13.9 Å². The van der Waals surface area contributed by atoms with Crippen molar-refractivity contribution < 1.29 is 18.7 Å². The van der Waals surface area contributed by atoms with E-state index < -0.39 is 5.91 Å². The second kappa shape index (κ2) is 10.1. The number of amides is 1. The molecule has 0 fully saturated rings. The summed E-state index contributed by atoms with van der Waals surface area (Å²) in [6.07, 6.45) is 6.27. The summed E-state index contributed by atoms with van der Waals surface area (Å²) in [5.74, 6) is 0.376. The minimum atomic E-state index is -0.543. The highest BCUT2D eigenvalue weighted by molar-refractivity contribution is 5.90. The number of hydrogen-bond acceptors (Lipinski definition) is 6. The third-order valence-corrected chi connectivity index (χ3v) is 3.24. The van der Waals surface area contributed by atoms with E-state index in [2.05, 4.69) is 22.4 Å². The number of aromatic nitrogens is 1. The molecule has 2 aromatic rings. The van der Waals surface area contributed by atoms with E-state index in [1.165, 1.54) is 25.3 Å². The Morgan fingerprint density at radius 2 is 2.04 bits per heavy atom. The van der Waals surface area contributed by atoms with Gasteiger partial charge in [0.05, 0.1) is 19.4 Å². The largest absolute Gasteiger partial charge is 0.494 e. The maximum absolute atomic E-state index is 11.8. The van der Waals surface area contributed by atoms with E-state index in [1.807, 2.05) is 31.2 Å². The molecule has 0 aliphatic carbocycles. The van der Waals surface area contributed by atoms with Crippen LogP contribution in [-0.2, 0) is 0 Å². The number of nitrogens with one attached hydrogen (secondary N) is 1. The molecule has 1 aromatic carbocycles. The van der Waals surface area contributed by atoms with Crippen LogP contribution in [0.4, 0.5) is 0 Å². The average molecular weight is 345 g/mol. The number of oxazole rings is 1. The van der Waals surface area contributed by atoms with Crippen LogP contribution in [-0.4, -0.2) is 30.3 Å². The lowest BCUT2D eigenvalue weighted by molar-refractivity contribution is 0.0912. The van der Waals surface area contributed by atoms with Gasteiger partial charge in [-0.05, 0) is 43.2 Å². The Labute approximate surface area is 147 Å². The van der Waals surface area contributed by atoms with Gasteiger partial charge in [0.2, 0.25) is 0 Å². The van der Waals surface area contributed by atoms with Crippen molar-refractivity contribution in [3.63, 3.8) is 0 Å². The Hall–Kier alpha value is -2.83. The molecular weight excluding hydrogens is 322 g/mol. The Morgan fingerprint density at radius 3 is 2.76 bits per heavy atom. The number of hydrazone groups is 1. The molecular formula is C18H23N3O4. The number of ether oxygens (including phenoxy) is 2. The molecule has 134 valence electrons. The van der Waals surface area contributed by atoms with Gasteiger partial charge in [0, 0.05) is 0 Å². The number of benzene rings is 1. The fraction of sp³-hybridized carbons (Fsp3) is 0.389. The summed E-state index contributed by atoms with van der Waals surface area (Å²) in [6, 6.07) is 7.47. The number of carbonyl (C=O) groups is 1. The smallest absolute Gasteiger partial charge is 0.327 e. The third-order valence-electron chi connectivity index (χ3n) is 3.24. The van der Waals surface area contributed by atoms with Crippen LogP contribution in [0.1, 0.15) is 49.4 Å². The van der Waals surface area contributed by atoms with Crippen molar-refractivity contribution in [2.75, 3.05) is 13.2 Å². The molecule has 0 radical (unpaired) electrons. The zero-order valence-electron chi connectivity index (χ0n) is 14.5. The van der Waals surface area contributed by atoms with Crippen LogP contribution in [0.2, 0.25) is 0 Å². The summed E-state index contributed by atoms with van der Waals surface area (Å²) < 4.78 is 15.9. The van der Waals surface area contributed by atoms with Crippen LogP contribution in [0.25, 0.3) is 0 Å². The lowest BCUT2D eigenvalue weighted by Crippen LogP contribution is -2.17. The highest BCUT2D eigenvalue weighted by Gasteiger charge is 2.12. The molecule has 7 nitrogen and oxygen atoms in total. The molecule has 1 aromatic heterocycles. The molecule has 0 saturated heterocycles. The highest BCUT2D eigenvalue weighted by atomic mass is 16.6. The lowest BCUT2D eigenvalue weighted by atomic mass is 10.2. The number of rotatable bonds is 10. The minimum Gasteiger partial charge on any atom is -0.494 e. The van der Waals surface area contributed by atoms with Gasteiger partial charge in [-0.2, -0.15) is 5.10 Å².